The maximum absolute atomic E-state index is 12.8. The summed E-state index contributed by atoms with van der Waals surface area (Å²) in [6, 6.07) is 2.12. The Hall–Kier alpha value is -1.14. The van der Waals surface area contributed by atoms with Crippen molar-refractivity contribution in [2.75, 3.05) is 18.0 Å². The van der Waals surface area contributed by atoms with Gasteiger partial charge in [-0.3, -0.25) is 4.79 Å². The van der Waals surface area contributed by atoms with E-state index in [9.17, 15) is 4.79 Å². The average Bonchev–Trinajstić information content (AvgIpc) is 2.42. The SMILES string of the molecule is CC1(C)Oc2ncc(Br)cc2N(C2CCNCC2)C1=O. The van der Waals surface area contributed by atoms with E-state index in [1.807, 2.05) is 11.0 Å². The molecule has 0 atom stereocenters. The number of fused-ring (bicyclic) bond motifs is 1. The maximum atomic E-state index is 12.8. The summed E-state index contributed by atoms with van der Waals surface area (Å²) in [5.74, 6) is 0.549. The summed E-state index contributed by atoms with van der Waals surface area (Å²) in [6.07, 6.45) is 3.60. The van der Waals surface area contributed by atoms with E-state index in [0.717, 1.165) is 36.1 Å². The number of carbonyl (C=O) groups excluding carboxylic acids is 1. The lowest BCUT2D eigenvalue weighted by atomic mass is 9.98. The Morgan fingerprint density at radius 1 is 1.45 bits per heavy atom. The lowest BCUT2D eigenvalue weighted by molar-refractivity contribution is -0.133. The Morgan fingerprint density at radius 3 is 2.85 bits per heavy atom. The molecule has 0 aromatic carbocycles. The molecule has 0 spiro atoms. The number of hydrogen-bond donors (Lipinski definition) is 1. The normalized spacial score (nSPS) is 22.4. The summed E-state index contributed by atoms with van der Waals surface area (Å²) in [6.45, 7) is 5.48. The number of carbonyl (C=O) groups is 1. The molecule has 1 fully saturated rings. The number of piperidine rings is 1. The van der Waals surface area contributed by atoms with Crippen LogP contribution >= 0.6 is 15.9 Å². The standard InChI is InChI=1S/C14H18BrN3O2/c1-14(2)13(19)18(10-3-5-16-6-4-10)11-7-9(15)8-17-12(11)20-14/h7-8,10,16H,3-6H2,1-2H3. The van der Waals surface area contributed by atoms with Crippen molar-refractivity contribution in [2.24, 2.45) is 0 Å². The summed E-state index contributed by atoms with van der Waals surface area (Å²) in [7, 11) is 0. The van der Waals surface area contributed by atoms with E-state index in [0.29, 0.717) is 5.88 Å². The predicted molar refractivity (Wildman–Crippen MR) is 80.0 cm³/mol. The van der Waals surface area contributed by atoms with Crippen LogP contribution in [0.1, 0.15) is 26.7 Å². The summed E-state index contributed by atoms with van der Waals surface area (Å²) in [5, 5.41) is 3.33. The third kappa shape index (κ3) is 2.31. The van der Waals surface area contributed by atoms with Crippen LogP contribution in [-0.2, 0) is 4.79 Å². The minimum Gasteiger partial charge on any atom is -0.460 e. The first kappa shape index (κ1) is 13.8. The molecule has 1 saturated heterocycles. The summed E-state index contributed by atoms with van der Waals surface area (Å²) < 4.78 is 6.62. The number of nitrogens with zero attached hydrogens (tertiary/aromatic N) is 2. The van der Waals surface area contributed by atoms with Crippen molar-refractivity contribution in [1.29, 1.82) is 0 Å². The molecule has 0 bridgehead atoms. The minimum absolute atomic E-state index is 0.0109. The smallest absolute Gasteiger partial charge is 0.271 e. The molecule has 0 unspecified atom stereocenters. The number of aromatic nitrogens is 1. The van der Waals surface area contributed by atoms with Gasteiger partial charge in [-0.1, -0.05) is 0 Å². The van der Waals surface area contributed by atoms with Crippen molar-refractivity contribution in [1.82, 2.24) is 10.3 Å². The van der Waals surface area contributed by atoms with Crippen molar-refractivity contribution in [3.8, 4) is 5.88 Å². The minimum atomic E-state index is -0.862. The molecule has 0 saturated carbocycles. The number of anilines is 1. The van der Waals surface area contributed by atoms with E-state index < -0.39 is 5.60 Å². The summed E-state index contributed by atoms with van der Waals surface area (Å²) in [5.41, 5.74) is -0.0887. The Morgan fingerprint density at radius 2 is 2.15 bits per heavy atom. The van der Waals surface area contributed by atoms with E-state index in [1.54, 1.807) is 20.0 Å². The second-order valence-electron chi connectivity index (χ2n) is 5.75. The third-order valence-electron chi connectivity index (χ3n) is 3.82. The summed E-state index contributed by atoms with van der Waals surface area (Å²) >= 11 is 3.42. The van der Waals surface area contributed by atoms with E-state index in [2.05, 4.69) is 26.2 Å². The fraction of sp³-hybridized carbons (Fsp3) is 0.571. The Labute approximate surface area is 126 Å². The summed E-state index contributed by atoms with van der Waals surface area (Å²) in [4.78, 5) is 19.0. The second-order valence-corrected chi connectivity index (χ2v) is 6.66. The molecule has 0 radical (unpaired) electrons. The van der Waals surface area contributed by atoms with Gasteiger partial charge >= 0.3 is 0 Å². The Bertz CT molecular complexity index is 541. The van der Waals surface area contributed by atoms with Gasteiger partial charge in [-0.2, -0.15) is 0 Å². The van der Waals surface area contributed by atoms with Crippen LogP contribution in [-0.4, -0.2) is 35.6 Å². The molecule has 1 aromatic heterocycles. The number of rotatable bonds is 1. The molecule has 2 aliphatic heterocycles. The molecule has 108 valence electrons. The lowest BCUT2D eigenvalue weighted by Gasteiger charge is -2.43. The highest BCUT2D eigenvalue weighted by atomic mass is 79.9. The monoisotopic (exact) mass is 339 g/mol. The van der Waals surface area contributed by atoms with E-state index in [1.165, 1.54) is 0 Å². The van der Waals surface area contributed by atoms with Gasteiger partial charge in [-0.05, 0) is 61.8 Å². The van der Waals surface area contributed by atoms with Gasteiger partial charge in [0.05, 0.1) is 0 Å². The fourth-order valence-corrected chi connectivity index (χ4v) is 3.10. The first-order valence-corrected chi connectivity index (χ1v) is 7.67. The lowest BCUT2D eigenvalue weighted by Crippen LogP contribution is -2.57. The fourth-order valence-electron chi connectivity index (χ4n) is 2.78. The Balaban J connectivity index is 2.05. The first-order chi connectivity index (χ1) is 9.49. The van der Waals surface area contributed by atoms with Gasteiger partial charge in [0.1, 0.15) is 5.69 Å². The molecule has 6 heteroatoms. The van der Waals surface area contributed by atoms with Crippen molar-refractivity contribution in [3.05, 3.63) is 16.7 Å². The molecule has 1 amide bonds. The molecule has 2 aliphatic rings. The predicted octanol–water partition coefficient (Wildman–Crippen LogP) is 2.10. The number of halogens is 1. The molecule has 1 aromatic rings. The molecular weight excluding hydrogens is 322 g/mol. The van der Waals surface area contributed by atoms with Gasteiger partial charge in [0.2, 0.25) is 5.88 Å². The van der Waals surface area contributed by atoms with E-state index in [4.69, 9.17) is 4.74 Å². The number of pyridine rings is 1. The van der Waals surface area contributed by atoms with Gasteiger partial charge in [0.15, 0.2) is 5.60 Å². The molecule has 0 aliphatic carbocycles. The van der Waals surface area contributed by atoms with Crippen molar-refractivity contribution >= 4 is 27.5 Å². The maximum Gasteiger partial charge on any atom is 0.271 e. The zero-order chi connectivity index (χ0) is 14.3. The second kappa shape index (κ2) is 5.00. The number of ether oxygens (including phenoxy) is 1. The molecule has 5 nitrogen and oxygen atoms in total. The van der Waals surface area contributed by atoms with Crippen LogP contribution in [0.4, 0.5) is 5.69 Å². The molecule has 3 rings (SSSR count). The van der Waals surface area contributed by atoms with Crippen LogP contribution in [0.15, 0.2) is 16.7 Å². The van der Waals surface area contributed by atoms with Gasteiger partial charge in [0.25, 0.3) is 5.91 Å². The molecule has 1 N–H and O–H groups in total. The van der Waals surface area contributed by atoms with Crippen LogP contribution in [0.2, 0.25) is 0 Å². The molecular formula is C14H18BrN3O2. The Kier molecular flexibility index (Phi) is 3.46. The highest BCUT2D eigenvalue weighted by Crippen LogP contribution is 2.39. The largest absolute Gasteiger partial charge is 0.460 e. The topological polar surface area (TPSA) is 54.5 Å². The van der Waals surface area contributed by atoms with Gasteiger partial charge in [0, 0.05) is 16.7 Å². The van der Waals surface area contributed by atoms with E-state index >= 15 is 0 Å². The van der Waals surface area contributed by atoms with Gasteiger partial charge < -0.3 is 15.0 Å². The van der Waals surface area contributed by atoms with Crippen LogP contribution in [0.25, 0.3) is 0 Å². The quantitative estimate of drug-likeness (QED) is 0.851. The van der Waals surface area contributed by atoms with Crippen molar-refractivity contribution < 1.29 is 9.53 Å². The number of hydrogen-bond acceptors (Lipinski definition) is 4. The van der Waals surface area contributed by atoms with Crippen molar-refractivity contribution in [3.63, 3.8) is 0 Å². The van der Waals surface area contributed by atoms with Gasteiger partial charge in [-0.15, -0.1) is 0 Å². The van der Waals surface area contributed by atoms with Gasteiger partial charge in [-0.25, -0.2) is 4.98 Å². The van der Waals surface area contributed by atoms with Crippen LogP contribution in [0.3, 0.4) is 0 Å². The molecule has 20 heavy (non-hydrogen) atoms. The highest BCUT2D eigenvalue weighted by molar-refractivity contribution is 9.10. The van der Waals surface area contributed by atoms with Crippen molar-refractivity contribution in [2.45, 2.75) is 38.3 Å². The first-order valence-electron chi connectivity index (χ1n) is 6.88. The van der Waals surface area contributed by atoms with Crippen LogP contribution in [0, 0.1) is 0 Å². The number of nitrogens with one attached hydrogen (secondary N) is 1. The average molecular weight is 340 g/mol. The zero-order valence-corrected chi connectivity index (χ0v) is 13.2. The number of amides is 1. The third-order valence-corrected chi connectivity index (χ3v) is 4.25. The molecule has 3 heterocycles. The van der Waals surface area contributed by atoms with Crippen LogP contribution in [0.5, 0.6) is 5.88 Å². The zero-order valence-electron chi connectivity index (χ0n) is 11.6. The highest BCUT2D eigenvalue weighted by Gasteiger charge is 2.44. The van der Waals surface area contributed by atoms with E-state index in [-0.39, 0.29) is 11.9 Å². The van der Waals surface area contributed by atoms with Crippen LogP contribution < -0.4 is 15.0 Å².